The van der Waals surface area contributed by atoms with Crippen LogP contribution in [0.25, 0.3) is 0 Å². The van der Waals surface area contributed by atoms with Crippen LogP contribution in [0.3, 0.4) is 0 Å². The lowest BCUT2D eigenvalue weighted by Crippen LogP contribution is -2.26. The summed E-state index contributed by atoms with van der Waals surface area (Å²) in [6, 6.07) is 2.45. The highest BCUT2D eigenvalue weighted by Crippen LogP contribution is 2.29. The third-order valence-electron chi connectivity index (χ3n) is 3.89. The van der Waals surface area contributed by atoms with Crippen molar-refractivity contribution in [2.45, 2.75) is 71.4 Å². The zero-order valence-electron chi connectivity index (χ0n) is 12.9. The molecule has 0 unspecified atom stereocenters. The minimum absolute atomic E-state index is 0.141. The molecule has 2 rings (SSSR count). The molecule has 0 bridgehead atoms. The second-order valence-electron chi connectivity index (χ2n) is 6.06. The Morgan fingerprint density at radius 3 is 2.65 bits per heavy atom. The van der Waals surface area contributed by atoms with Gasteiger partial charge in [-0.15, -0.1) is 0 Å². The third-order valence-corrected chi connectivity index (χ3v) is 3.89. The molecule has 0 radical (unpaired) electrons. The summed E-state index contributed by atoms with van der Waals surface area (Å²) in [5.41, 5.74) is 0. The van der Waals surface area contributed by atoms with Gasteiger partial charge in [-0.3, -0.25) is 0 Å². The molecule has 1 aromatic rings. The molecular weight excluding hydrogens is 250 g/mol. The van der Waals surface area contributed by atoms with Gasteiger partial charge in [-0.2, -0.15) is 0 Å². The Hall–Kier alpha value is -1.32. The first kappa shape index (κ1) is 15.1. The molecule has 1 N–H and O–H groups in total. The van der Waals surface area contributed by atoms with Crippen LogP contribution in [0.1, 0.15) is 59.3 Å². The van der Waals surface area contributed by atoms with Gasteiger partial charge in [-0.05, 0) is 45.4 Å². The number of hydrogen-bond acceptors (Lipinski definition) is 4. The summed E-state index contributed by atoms with van der Waals surface area (Å²) in [5.74, 6) is 2.47. The van der Waals surface area contributed by atoms with E-state index in [1.165, 1.54) is 38.5 Å². The highest BCUT2D eigenvalue weighted by atomic mass is 16.5. The van der Waals surface area contributed by atoms with Crippen LogP contribution in [0.4, 0.5) is 5.82 Å². The molecule has 4 heteroatoms. The first-order chi connectivity index (χ1) is 9.67. The van der Waals surface area contributed by atoms with E-state index in [1.54, 1.807) is 6.33 Å². The van der Waals surface area contributed by atoms with Crippen molar-refractivity contribution in [1.82, 2.24) is 9.97 Å². The molecule has 0 atom stereocenters. The molecule has 20 heavy (non-hydrogen) atoms. The van der Waals surface area contributed by atoms with Crippen LogP contribution in [0.2, 0.25) is 0 Å². The summed E-state index contributed by atoms with van der Waals surface area (Å²) in [4.78, 5) is 8.43. The average Bonchev–Trinajstić information content (AvgIpc) is 2.41. The number of nitrogens with one attached hydrogen (secondary N) is 1. The molecule has 1 aliphatic rings. The van der Waals surface area contributed by atoms with E-state index in [4.69, 9.17) is 4.74 Å². The van der Waals surface area contributed by atoms with Gasteiger partial charge in [-0.1, -0.05) is 19.8 Å². The summed E-state index contributed by atoms with van der Waals surface area (Å²) >= 11 is 0. The van der Waals surface area contributed by atoms with Crippen molar-refractivity contribution in [1.29, 1.82) is 0 Å². The van der Waals surface area contributed by atoms with Crippen molar-refractivity contribution in [3.63, 3.8) is 0 Å². The monoisotopic (exact) mass is 277 g/mol. The zero-order chi connectivity index (χ0) is 14.4. The number of anilines is 1. The van der Waals surface area contributed by atoms with Gasteiger partial charge >= 0.3 is 0 Å². The molecule has 112 valence electrons. The van der Waals surface area contributed by atoms with Gasteiger partial charge in [0.1, 0.15) is 12.1 Å². The number of rotatable bonds is 6. The van der Waals surface area contributed by atoms with E-state index >= 15 is 0 Å². The molecule has 1 heterocycles. The summed E-state index contributed by atoms with van der Waals surface area (Å²) in [5, 5.41) is 3.53. The Morgan fingerprint density at radius 1 is 1.25 bits per heavy atom. The number of ether oxygens (including phenoxy) is 1. The maximum atomic E-state index is 5.60. The molecule has 1 fully saturated rings. The van der Waals surface area contributed by atoms with E-state index < -0.39 is 0 Å². The second kappa shape index (κ2) is 7.46. The summed E-state index contributed by atoms with van der Waals surface area (Å²) in [6.07, 6.45) is 9.57. The Balaban J connectivity index is 1.84. The van der Waals surface area contributed by atoms with Crippen molar-refractivity contribution in [2.75, 3.05) is 5.32 Å². The lowest BCUT2D eigenvalue weighted by atomic mass is 9.83. The SMILES string of the molecule is CCCC1CCC(Nc2cc(OC(C)C)ncn2)CC1. The van der Waals surface area contributed by atoms with Crippen LogP contribution in [0.15, 0.2) is 12.4 Å². The molecule has 0 amide bonds. The Labute approximate surface area is 122 Å². The van der Waals surface area contributed by atoms with Crippen molar-refractivity contribution >= 4 is 5.82 Å². The van der Waals surface area contributed by atoms with Crippen LogP contribution in [0.5, 0.6) is 5.88 Å². The first-order valence-corrected chi connectivity index (χ1v) is 7.92. The minimum Gasteiger partial charge on any atom is -0.475 e. The van der Waals surface area contributed by atoms with Crippen LogP contribution < -0.4 is 10.1 Å². The van der Waals surface area contributed by atoms with Crippen LogP contribution in [-0.4, -0.2) is 22.1 Å². The smallest absolute Gasteiger partial charge is 0.218 e. The maximum Gasteiger partial charge on any atom is 0.218 e. The fraction of sp³-hybridized carbons (Fsp3) is 0.750. The molecule has 1 saturated carbocycles. The largest absolute Gasteiger partial charge is 0.475 e. The fourth-order valence-electron chi connectivity index (χ4n) is 2.94. The maximum absolute atomic E-state index is 5.60. The minimum atomic E-state index is 0.141. The average molecular weight is 277 g/mol. The fourth-order valence-corrected chi connectivity index (χ4v) is 2.94. The second-order valence-corrected chi connectivity index (χ2v) is 6.06. The quantitative estimate of drug-likeness (QED) is 0.852. The number of nitrogens with zero attached hydrogens (tertiary/aromatic N) is 2. The van der Waals surface area contributed by atoms with Crippen molar-refractivity contribution in [3.05, 3.63) is 12.4 Å². The molecule has 0 spiro atoms. The van der Waals surface area contributed by atoms with Gasteiger partial charge in [0.25, 0.3) is 0 Å². The molecule has 1 aromatic heterocycles. The predicted octanol–water partition coefficient (Wildman–Crippen LogP) is 4.03. The van der Waals surface area contributed by atoms with E-state index in [2.05, 4.69) is 22.2 Å². The van der Waals surface area contributed by atoms with E-state index in [0.29, 0.717) is 11.9 Å². The summed E-state index contributed by atoms with van der Waals surface area (Å²) in [6.45, 7) is 6.29. The highest BCUT2D eigenvalue weighted by Gasteiger charge is 2.20. The van der Waals surface area contributed by atoms with Gasteiger partial charge < -0.3 is 10.1 Å². The molecular formula is C16H27N3O. The summed E-state index contributed by atoms with van der Waals surface area (Å²) in [7, 11) is 0. The standard InChI is InChI=1S/C16H27N3O/c1-4-5-13-6-8-14(9-7-13)19-15-10-16(18-11-17-15)20-12(2)3/h10-14H,4-9H2,1-3H3,(H,17,18,19). The van der Waals surface area contributed by atoms with Gasteiger partial charge in [0.2, 0.25) is 5.88 Å². The van der Waals surface area contributed by atoms with Crippen LogP contribution in [0, 0.1) is 5.92 Å². The lowest BCUT2D eigenvalue weighted by molar-refractivity contribution is 0.232. The molecule has 0 saturated heterocycles. The number of aromatic nitrogens is 2. The normalized spacial score (nSPS) is 22.8. The van der Waals surface area contributed by atoms with Crippen molar-refractivity contribution in [2.24, 2.45) is 5.92 Å². The van der Waals surface area contributed by atoms with Crippen molar-refractivity contribution < 1.29 is 4.74 Å². The van der Waals surface area contributed by atoms with Gasteiger partial charge in [-0.25, -0.2) is 9.97 Å². The van der Waals surface area contributed by atoms with E-state index in [0.717, 1.165) is 11.7 Å². The zero-order valence-corrected chi connectivity index (χ0v) is 12.9. The van der Waals surface area contributed by atoms with Crippen LogP contribution >= 0.6 is 0 Å². The highest BCUT2D eigenvalue weighted by molar-refractivity contribution is 5.38. The topological polar surface area (TPSA) is 47.0 Å². The molecule has 1 aliphatic carbocycles. The van der Waals surface area contributed by atoms with Gasteiger partial charge in [0, 0.05) is 12.1 Å². The Bertz CT molecular complexity index is 400. The van der Waals surface area contributed by atoms with Gasteiger partial charge in [0.15, 0.2) is 0 Å². The summed E-state index contributed by atoms with van der Waals surface area (Å²) < 4.78 is 5.60. The molecule has 0 aliphatic heterocycles. The molecule has 0 aromatic carbocycles. The van der Waals surface area contributed by atoms with E-state index in [1.807, 2.05) is 19.9 Å². The first-order valence-electron chi connectivity index (χ1n) is 7.92. The van der Waals surface area contributed by atoms with E-state index in [9.17, 15) is 0 Å². The molecule has 4 nitrogen and oxygen atoms in total. The Kier molecular flexibility index (Phi) is 5.62. The Morgan fingerprint density at radius 2 is 2.00 bits per heavy atom. The number of hydrogen-bond donors (Lipinski definition) is 1. The van der Waals surface area contributed by atoms with E-state index in [-0.39, 0.29) is 6.10 Å². The van der Waals surface area contributed by atoms with Crippen LogP contribution in [-0.2, 0) is 0 Å². The third kappa shape index (κ3) is 4.66. The van der Waals surface area contributed by atoms with Gasteiger partial charge in [0.05, 0.1) is 6.10 Å². The lowest BCUT2D eigenvalue weighted by Gasteiger charge is -2.29. The predicted molar refractivity (Wildman–Crippen MR) is 82.1 cm³/mol. The van der Waals surface area contributed by atoms with Crippen molar-refractivity contribution in [3.8, 4) is 5.88 Å².